The molecule has 11 heteroatoms. The maximum absolute atomic E-state index is 14.4. The lowest BCUT2D eigenvalue weighted by atomic mass is 10.1. The molecule has 0 saturated carbocycles. The molecule has 0 aliphatic heterocycles. The van der Waals surface area contributed by atoms with Crippen molar-refractivity contribution >= 4 is 21.4 Å². The highest BCUT2D eigenvalue weighted by atomic mass is 32.2. The number of sulfonamides is 1. The zero-order valence-electron chi connectivity index (χ0n) is 12.5. The Morgan fingerprint density at radius 1 is 0.923 bits per heavy atom. The molecule has 136 valence electrons. The first-order valence-electron chi connectivity index (χ1n) is 6.77. The molecule has 0 bridgehead atoms. The van der Waals surface area contributed by atoms with E-state index in [4.69, 9.17) is 5.14 Å². The van der Waals surface area contributed by atoms with Gasteiger partial charge >= 0.3 is 4.87 Å². The Morgan fingerprint density at radius 3 is 2.12 bits per heavy atom. The molecule has 0 aliphatic carbocycles. The van der Waals surface area contributed by atoms with Crippen molar-refractivity contribution in [3.8, 4) is 16.9 Å². The molecule has 0 saturated heterocycles. The van der Waals surface area contributed by atoms with Crippen LogP contribution in [0.25, 0.3) is 16.9 Å². The molecular weight excluding hydrogens is 396 g/mol. The minimum Gasteiger partial charge on any atom is -0.267 e. The first-order valence-corrected chi connectivity index (χ1v) is 9.20. The highest BCUT2D eigenvalue weighted by Gasteiger charge is 2.22. The van der Waals surface area contributed by atoms with E-state index in [0.29, 0.717) is 29.5 Å². The Labute approximate surface area is 148 Å². The summed E-state index contributed by atoms with van der Waals surface area (Å²) in [5.41, 5.74) is -0.917. The number of nitrogens with zero attached hydrogens (tertiary/aromatic N) is 1. The van der Waals surface area contributed by atoms with Gasteiger partial charge < -0.3 is 0 Å². The minimum absolute atomic E-state index is 0.206. The number of benzene rings is 2. The number of nitrogens with two attached hydrogens (primary N) is 1. The Balaban J connectivity index is 2.28. The van der Waals surface area contributed by atoms with E-state index < -0.39 is 48.6 Å². The third-order valence-corrected chi connectivity index (χ3v) is 5.06. The van der Waals surface area contributed by atoms with Crippen LogP contribution < -0.4 is 10.0 Å². The van der Waals surface area contributed by atoms with E-state index in [9.17, 15) is 30.8 Å². The molecule has 3 rings (SSSR count). The summed E-state index contributed by atoms with van der Waals surface area (Å²) in [4.78, 5) is 10.3. The summed E-state index contributed by atoms with van der Waals surface area (Å²) in [6, 6.07) is 3.18. The second kappa shape index (κ2) is 6.34. The molecule has 2 aromatic carbocycles. The van der Waals surface area contributed by atoms with Gasteiger partial charge in [0.05, 0.1) is 11.4 Å². The molecule has 26 heavy (non-hydrogen) atoms. The molecule has 0 unspecified atom stereocenters. The van der Waals surface area contributed by atoms with Crippen molar-refractivity contribution in [1.29, 1.82) is 0 Å². The summed E-state index contributed by atoms with van der Waals surface area (Å²) in [6.45, 7) is 0. The summed E-state index contributed by atoms with van der Waals surface area (Å²) < 4.78 is 78.6. The number of thiazole rings is 1. The lowest BCUT2D eigenvalue weighted by molar-refractivity contribution is 0.555. The predicted octanol–water partition coefficient (Wildman–Crippen LogP) is 2.77. The first-order chi connectivity index (χ1) is 12.1. The van der Waals surface area contributed by atoms with Gasteiger partial charge in [0, 0.05) is 17.0 Å². The zero-order valence-corrected chi connectivity index (χ0v) is 14.2. The van der Waals surface area contributed by atoms with Crippen LogP contribution >= 0.6 is 11.3 Å². The molecule has 1 aromatic heterocycles. The molecule has 1 heterocycles. The minimum atomic E-state index is -4.50. The normalized spacial score (nSPS) is 11.7. The van der Waals surface area contributed by atoms with Crippen LogP contribution in [0.15, 0.2) is 45.4 Å². The van der Waals surface area contributed by atoms with Crippen LogP contribution in [-0.2, 0) is 10.0 Å². The number of halogens is 4. The van der Waals surface area contributed by atoms with Gasteiger partial charge in [-0.15, -0.1) is 0 Å². The van der Waals surface area contributed by atoms with Crippen molar-refractivity contribution in [2.45, 2.75) is 4.90 Å². The van der Waals surface area contributed by atoms with Crippen LogP contribution in [0.2, 0.25) is 0 Å². The van der Waals surface area contributed by atoms with Crippen LogP contribution in [0, 0.1) is 23.3 Å². The maximum atomic E-state index is 14.4. The topological polar surface area (TPSA) is 82.2 Å². The first kappa shape index (κ1) is 18.3. The van der Waals surface area contributed by atoms with Gasteiger partial charge in [-0.2, -0.15) is 0 Å². The number of hydrogen-bond donors (Lipinski definition) is 1. The van der Waals surface area contributed by atoms with E-state index in [2.05, 4.69) is 0 Å². The van der Waals surface area contributed by atoms with Crippen molar-refractivity contribution in [3.63, 3.8) is 0 Å². The van der Waals surface area contributed by atoms with E-state index in [0.717, 1.165) is 22.1 Å². The summed E-state index contributed by atoms with van der Waals surface area (Å²) in [7, 11) is -4.50. The standard InChI is InChI=1S/C15H8F4N2O3S2/c16-7-1-8(17)3-9(2-7)21-13(6-25-15(21)22)10-4-12(19)14(5-11(10)18)26(20,23)24/h1-6H,(H2,20,23,24). The van der Waals surface area contributed by atoms with Crippen molar-refractivity contribution in [2.24, 2.45) is 5.14 Å². The van der Waals surface area contributed by atoms with E-state index in [1.165, 1.54) is 0 Å². The summed E-state index contributed by atoms with van der Waals surface area (Å²) in [5, 5.41) is 5.96. The second-order valence-corrected chi connectivity index (χ2v) is 7.51. The molecule has 0 fully saturated rings. The average molecular weight is 404 g/mol. The second-order valence-electron chi connectivity index (χ2n) is 5.16. The van der Waals surface area contributed by atoms with E-state index >= 15 is 0 Å². The highest BCUT2D eigenvalue weighted by molar-refractivity contribution is 7.89. The molecule has 0 atom stereocenters. The number of primary sulfonamides is 1. The van der Waals surface area contributed by atoms with Crippen molar-refractivity contribution < 1.29 is 26.0 Å². The van der Waals surface area contributed by atoms with Crippen LogP contribution in [-0.4, -0.2) is 13.0 Å². The molecule has 0 spiro atoms. The van der Waals surface area contributed by atoms with Gasteiger partial charge in [0.15, 0.2) is 0 Å². The number of rotatable bonds is 3. The largest absolute Gasteiger partial charge is 0.312 e. The summed E-state index contributed by atoms with van der Waals surface area (Å²) >= 11 is 0.587. The average Bonchev–Trinajstić information content (AvgIpc) is 2.88. The number of hydrogen-bond acceptors (Lipinski definition) is 4. The molecule has 0 radical (unpaired) electrons. The van der Waals surface area contributed by atoms with Crippen LogP contribution in [0.5, 0.6) is 0 Å². The van der Waals surface area contributed by atoms with Gasteiger partial charge in [-0.25, -0.2) is 31.1 Å². The van der Waals surface area contributed by atoms with Crippen molar-refractivity contribution in [2.75, 3.05) is 0 Å². The molecule has 0 aliphatic rings. The van der Waals surface area contributed by atoms with Gasteiger partial charge in [-0.1, -0.05) is 11.3 Å². The van der Waals surface area contributed by atoms with Gasteiger partial charge in [0.25, 0.3) is 0 Å². The maximum Gasteiger partial charge on any atom is 0.312 e. The fourth-order valence-electron chi connectivity index (χ4n) is 2.35. The van der Waals surface area contributed by atoms with Crippen molar-refractivity contribution in [1.82, 2.24) is 4.57 Å². The molecule has 2 N–H and O–H groups in total. The Hall–Kier alpha value is -2.50. The van der Waals surface area contributed by atoms with E-state index in [1.807, 2.05) is 0 Å². The summed E-state index contributed by atoms with van der Waals surface area (Å²) in [5.74, 6) is -4.46. The molecule has 0 amide bonds. The smallest absolute Gasteiger partial charge is 0.267 e. The van der Waals surface area contributed by atoms with Gasteiger partial charge in [-0.3, -0.25) is 9.36 Å². The molecular formula is C15H8F4N2O3S2. The lowest BCUT2D eigenvalue weighted by Crippen LogP contribution is -2.16. The number of aromatic nitrogens is 1. The van der Waals surface area contributed by atoms with Gasteiger partial charge in [-0.05, 0) is 24.3 Å². The van der Waals surface area contributed by atoms with Crippen LogP contribution in [0.3, 0.4) is 0 Å². The molecule has 3 aromatic rings. The van der Waals surface area contributed by atoms with Crippen LogP contribution in [0.1, 0.15) is 0 Å². The van der Waals surface area contributed by atoms with Crippen LogP contribution in [0.4, 0.5) is 17.6 Å². The third-order valence-electron chi connectivity index (χ3n) is 3.40. The monoisotopic (exact) mass is 404 g/mol. The zero-order chi connectivity index (χ0) is 19.2. The quantitative estimate of drug-likeness (QED) is 0.682. The van der Waals surface area contributed by atoms with Gasteiger partial charge in [0.1, 0.15) is 28.2 Å². The molecule has 5 nitrogen and oxygen atoms in total. The third kappa shape index (κ3) is 3.28. The van der Waals surface area contributed by atoms with Crippen molar-refractivity contribution in [3.05, 3.63) is 68.6 Å². The lowest BCUT2D eigenvalue weighted by Gasteiger charge is -2.10. The van der Waals surface area contributed by atoms with E-state index in [1.54, 1.807) is 0 Å². The highest BCUT2D eigenvalue weighted by Crippen LogP contribution is 2.29. The Kier molecular flexibility index (Phi) is 4.46. The summed E-state index contributed by atoms with van der Waals surface area (Å²) in [6.07, 6.45) is 0. The fourth-order valence-corrected chi connectivity index (χ4v) is 3.70. The fraction of sp³-hybridized carbons (Fsp3) is 0. The van der Waals surface area contributed by atoms with Gasteiger partial charge in [0.2, 0.25) is 10.0 Å². The predicted molar refractivity (Wildman–Crippen MR) is 86.6 cm³/mol. The Bertz CT molecular complexity index is 1170. The van der Waals surface area contributed by atoms with E-state index in [-0.39, 0.29) is 11.4 Å². The SMILES string of the molecule is NS(=O)(=O)c1cc(F)c(-c2csc(=O)n2-c2cc(F)cc(F)c2)cc1F. The Morgan fingerprint density at radius 2 is 1.54 bits per heavy atom.